The van der Waals surface area contributed by atoms with Crippen LogP contribution in [0.2, 0.25) is 0 Å². The maximum Gasteiger partial charge on any atom is 0.262 e. The van der Waals surface area contributed by atoms with E-state index in [0.717, 1.165) is 4.47 Å². The van der Waals surface area contributed by atoms with Gasteiger partial charge < -0.3 is 5.32 Å². The lowest BCUT2D eigenvalue weighted by Crippen LogP contribution is -2.43. The highest BCUT2D eigenvalue weighted by atomic mass is 79.9. The SMILES string of the molecule is CC(C)(CNC(=O)c1sccc1Br)S(C)(=O)=O. The minimum Gasteiger partial charge on any atom is -0.350 e. The third-order valence-electron chi connectivity index (χ3n) is 2.50. The van der Waals surface area contributed by atoms with Crippen LogP contribution in [-0.2, 0) is 9.84 Å². The van der Waals surface area contributed by atoms with E-state index in [0.29, 0.717) is 4.88 Å². The van der Waals surface area contributed by atoms with Crippen molar-refractivity contribution in [1.29, 1.82) is 0 Å². The lowest BCUT2D eigenvalue weighted by molar-refractivity contribution is 0.0954. The number of carbonyl (C=O) groups is 1. The fourth-order valence-corrected chi connectivity index (χ4v) is 2.76. The second-order valence-corrected chi connectivity index (χ2v) is 8.73. The predicted octanol–water partition coefficient (Wildman–Crippen LogP) is 2.06. The van der Waals surface area contributed by atoms with Crippen LogP contribution in [-0.4, -0.2) is 31.9 Å². The summed E-state index contributed by atoms with van der Waals surface area (Å²) >= 11 is 4.57. The Kier molecular flexibility index (Phi) is 4.38. The van der Waals surface area contributed by atoms with Gasteiger partial charge >= 0.3 is 0 Å². The molecule has 1 amide bonds. The highest BCUT2D eigenvalue weighted by Gasteiger charge is 2.30. The molecule has 96 valence electrons. The molecule has 0 fully saturated rings. The summed E-state index contributed by atoms with van der Waals surface area (Å²) in [6.07, 6.45) is 1.17. The molecule has 0 saturated carbocycles. The summed E-state index contributed by atoms with van der Waals surface area (Å²) in [4.78, 5) is 12.3. The van der Waals surface area contributed by atoms with E-state index in [2.05, 4.69) is 21.2 Å². The van der Waals surface area contributed by atoms with Crippen molar-refractivity contribution in [2.24, 2.45) is 0 Å². The van der Waals surface area contributed by atoms with E-state index in [9.17, 15) is 13.2 Å². The lowest BCUT2D eigenvalue weighted by Gasteiger charge is -2.22. The molecule has 1 aromatic heterocycles. The van der Waals surface area contributed by atoms with Crippen molar-refractivity contribution in [2.75, 3.05) is 12.8 Å². The van der Waals surface area contributed by atoms with E-state index in [1.165, 1.54) is 17.6 Å². The Morgan fingerprint density at radius 2 is 2.12 bits per heavy atom. The molecule has 0 bridgehead atoms. The van der Waals surface area contributed by atoms with E-state index >= 15 is 0 Å². The van der Waals surface area contributed by atoms with Crippen molar-refractivity contribution in [3.05, 3.63) is 20.8 Å². The first-order valence-corrected chi connectivity index (χ1v) is 8.42. The van der Waals surface area contributed by atoms with Crippen molar-refractivity contribution >= 4 is 43.0 Å². The minimum absolute atomic E-state index is 0.0923. The van der Waals surface area contributed by atoms with Gasteiger partial charge in [-0.05, 0) is 41.2 Å². The van der Waals surface area contributed by atoms with E-state index < -0.39 is 14.6 Å². The zero-order valence-electron chi connectivity index (χ0n) is 9.78. The first-order valence-electron chi connectivity index (χ1n) is 4.86. The third kappa shape index (κ3) is 3.53. The first kappa shape index (κ1) is 14.7. The monoisotopic (exact) mass is 339 g/mol. The Bertz CT molecular complexity index is 519. The summed E-state index contributed by atoms with van der Waals surface area (Å²) in [5, 5.41) is 4.43. The Labute approximate surface area is 113 Å². The molecule has 0 aliphatic heterocycles. The summed E-state index contributed by atoms with van der Waals surface area (Å²) in [5.74, 6) is -0.261. The number of sulfone groups is 1. The van der Waals surface area contributed by atoms with Gasteiger partial charge in [-0.3, -0.25) is 4.79 Å². The molecular weight excluding hydrogens is 326 g/mol. The molecule has 0 aliphatic rings. The Morgan fingerprint density at radius 3 is 2.53 bits per heavy atom. The molecule has 1 N–H and O–H groups in total. The van der Waals surface area contributed by atoms with Gasteiger partial charge in [0.25, 0.3) is 5.91 Å². The molecule has 0 unspecified atom stereocenters. The number of carbonyl (C=O) groups excluding carboxylic acids is 1. The molecule has 0 aromatic carbocycles. The van der Waals surface area contributed by atoms with Gasteiger partial charge in [0.15, 0.2) is 9.84 Å². The third-order valence-corrected chi connectivity index (χ3v) is 6.49. The summed E-state index contributed by atoms with van der Waals surface area (Å²) < 4.78 is 22.7. The number of thiophene rings is 1. The van der Waals surface area contributed by atoms with Gasteiger partial charge in [0, 0.05) is 17.3 Å². The zero-order valence-corrected chi connectivity index (χ0v) is 13.0. The quantitative estimate of drug-likeness (QED) is 0.913. The van der Waals surface area contributed by atoms with Gasteiger partial charge in [0.2, 0.25) is 0 Å². The zero-order chi connectivity index (χ0) is 13.3. The van der Waals surface area contributed by atoms with Crippen LogP contribution in [0.15, 0.2) is 15.9 Å². The van der Waals surface area contributed by atoms with E-state index in [-0.39, 0.29) is 12.5 Å². The van der Waals surface area contributed by atoms with Crippen LogP contribution < -0.4 is 5.32 Å². The maximum absolute atomic E-state index is 11.8. The van der Waals surface area contributed by atoms with E-state index in [4.69, 9.17) is 0 Å². The standard InChI is InChI=1S/C10H14BrNO3S2/c1-10(2,17(3,14)15)6-12-9(13)8-7(11)4-5-16-8/h4-5H,6H2,1-3H3,(H,12,13). The highest BCUT2D eigenvalue weighted by molar-refractivity contribution is 9.10. The molecule has 1 aromatic rings. The molecule has 17 heavy (non-hydrogen) atoms. The number of amides is 1. The molecule has 0 atom stereocenters. The van der Waals surface area contributed by atoms with Crippen molar-refractivity contribution in [1.82, 2.24) is 5.32 Å². The van der Waals surface area contributed by atoms with Crippen molar-refractivity contribution in [3.8, 4) is 0 Å². The predicted molar refractivity (Wildman–Crippen MR) is 73.3 cm³/mol. The maximum atomic E-state index is 11.8. The Hall–Kier alpha value is -0.400. The minimum atomic E-state index is -3.20. The van der Waals surface area contributed by atoms with Crippen molar-refractivity contribution in [2.45, 2.75) is 18.6 Å². The molecule has 0 aliphatic carbocycles. The molecule has 0 saturated heterocycles. The van der Waals surface area contributed by atoms with Gasteiger partial charge in [-0.25, -0.2) is 8.42 Å². The average Bonchev–Trinajstić information content (AvgIpc) is 2.59. The second kappa shape index (κ2) is 5.07. The summed E-state index contributed by atoms with van der Waals surface area (Å²) in [7, 11) is -3.20. The molecule has 4 nitrogen and oxygen atoms in total. The Morgan fingerprint density at radius 1 is 1.53 bits per heavy atom. The molecule has 7 heteroatoms. The lowest BCUT2D eigenvalue weighted by atomic mass is 10.2. The first-order chi connectivity index (χ1) is 7.65. The van der Waals surface area contributed by atoms with Crippen LogP contribution in [0.5, 0.6) is 0 Å². The number of hydrogen-bond donors (Lipinski definition) is 1. The largest absolute Gasteiger partial charge is 0.350 e. The summed E-state index contributed by atoms with van der Waals surface area (Å²) in [5.41, 5.74) is 0. The summed E-state index contributed by atoms with van der Waals surface area (Å²) in [6.45, 7) is 3.27. The second-order valence-electron chi connectivity index (χ2n) is 4.31. The van der Waals surface area contributed by atoms with Crippen LogP contribution in [0.1, 0.15) is 23.5 Å². The number of hydrogen-bond acceptors (Lipinski definition) is 4. The van der Waals surface area contributed by atoms with Gasteiger partial charge in [-0.1, -0.05) is 0 Å². The highest BCUT2D eigenvalue weighted by Crippen LogP contribution is 2.22. The number of halogens is 1. The normalized spacial score (nSPS) is 12.5. The van der Waals surface area contributed by atoms with E-state index in [1.54, 1.807) is 25.3 Å². The topological polar surface area (TPSA) is 63.2 Å². The van der Waals surface area contributed by atoms with Gasteiger partial charge in [0.05, 0.1) is 4.75 Å². The summed E-state index contributed by atoms with van der Waals surface area (Å²) in [6, 6.07) is 1.78. The van der Waals surface area contributed by atoms with Crippen molar-refractivity contribution in [3.63, 3.8) is 0 Å². The molecule has 0 radical (unpaired) electrons. The van der Waals surface area contributed by atoms with Crippen LogP contribution in [0.25, 0.3) is 0 Å². The number of nitrogens with one attached hydrogen (secondary N) is 1. The van der Waals surface area contributed by atoms with E-state index in [1.807, 2.05) is 0 Å². The molecule has 1 rings (SSSR count). The molecular formula is C10H14BrNO3S2. The average molecular weight is 340 g/mol. The fraction of sp³-hybridized carbons (Fsp3) is 0.500. The van der Waals surface area contributed by atoms with Crippen LogP contribution in [0.3, 0.4) is 0 Å². The molecule has 1 heterocycles. The number of rotatable bonds is 4. The Balaban J connectivity index is 2.71. The molecule has 0 spiro atoms. The smallest absolute Gasteiger partial charge is 0.262 e. The van der Waals surface area contributed by atoms with Crippen LogP contribution in [0.4, 0.5) is 0 Å². The fourth-order valence-electron chi connectivity index (χ4n) is 0.960. The van der Waals surface area contributed by atoms with Crippen LogP contribution >= 0.6 is 27.3 Å². The van der Waals surface area contributed by atoms with Gasteiger partial charge in [-0.2, -0.15) is 0 Å². The van der Waals surface area contributed by atoms with Gasteiger partial charge in [-0.15, -0.1) is 11.3 Å². The van der Waals surface area contributed by atoms with Crippen molar-refractivity contribution < 1.29 is 13.2 Å². The van der Waals surface area contributed by atoms with Crippen LogP contribution in [0, 0.1) is 0 Å². The van der Waals surface area contributed by atoms with Gasteiger partial charge in [0.1, 0.15) is 4.88 Å².